The number of carbonyl (C=O) groups excluding carboxylic acids is 1. The van der Waals surface area contributed by atoms with E-state index in [9.17, 15) is 4.79 Å². The van der Waals surface area contributed by atoms with Crippen LogP contribution in [-0.4, -0.2) is 51.0 Å². The second-order valence-corrected chi connectivity index (χ2v) is 6.28. The van der Waals surface area contributed by atoms with Crippen LogP contribution in [0.25, 0.3) is 0 Å². The average molecular weight is 356 g/mol. The van der Waals surface area contributed by atoms with Gasteiger partial charge in [0.1, 0.15) is 17.5 Å². The number of nitrogens with zero attached hydrogens (tertiary/aromatic N) is 5. The van der Waals surface area contributed by atoms with E-state index < -0.39 is 0 Å². The second kappa shape index (κ2) is 8.66. The Labute approximate surface area is 153 Å². The van der Waals surface area contributed by atoms with E-state index in [1.54, 1.807) is 25.7 Å². The molecular weight excluding hydrogens is 332 g/mol. The lowest BCUT2D eigenvalue weighted by Gasteiger charge is -2.35. The molecule has 1 atom stereocenters. The molecule has 1 unspecified atom stereocenters. The third kappa shape index (κ3) is 4.51. The van der Waals surface area contributed by atoms with Crippen LogP contribution in [0.1, 0.15) is 43.2 Å². The molecule has 0 aromatic carbocycles. The number of piperidine rings is 1. The smallest absolute Gasteiger partial charge is 0.225 e. The molecule has 2 aromatic rings. The number of hydrogen-bond donors (Lipinski definition) is 1. The van der Waals surface area contributed by atoms with E-state index in [0.29, 0.717) is 30.5 Å². The van der Waals surface area contributed by atoms with Gasteiger partial charge in [-0.2, -0.15) is 0 Å². The van der Waals surface area contributed by atoms with Gasteiger partial charge in [-0.3, -0.25) is 9.78 Å². The Kier molecular flexibility index (Phi) is 6.06. The quantitative estimate of drug-likeness (QED) is 0.849. The van der Waals surface area contributed by atoms with Gasteiger partial charge >= 0.3 is 0 Å². The van der Waals surface area contributed by atoms with Crippen LogP contribution in [0.15, 0.2) is 24.7 Å². The summed E-state index contributed by atoms with van der Waals surface area (Å²) >= 11 is 0. The fourth-order valence-corrected chi connectivity index (χ4v) is 3.19. The molecule has 8 heteroatoms. The molecule has 138 valence electrons. The van der Waals surface area contributed by atoms with E-state index in [2.05, 4.69) is 25.3 Å². The Morgan fingerprint density at radius 3 is 2.96 bits per heavy atom. The Hall–Kier alpha value is -2.61. The van der Waals surface area contributed by atoms with E-state index in [0.717, 1.165) is 31.5 Å². The highest BCUT2D eigenvalue weighted by atomic mass is 16.5. The normalized spacial score (nSPS) is 17.2. The largest absolute Gasteiger partial charge is 0.384 e. The molecule has 1 amide bonds. The highest BCUT2D eigenvalue weighted by Crippen LogP contribution is 2.31. The molecular formula is C18H24N6O2. The van der Waals surface area contributed by atoms with Crippen LogP contribution in [0.4, 0.5) is 11.6 Å². The number of carbonyl (C=O) groups is 1. The van der Waals surface area contributed by atoms with Gasteiger partial charge in [-0.25, -0.2) is 15.0 Å². The summed E-state index contributed by atoms with van der Waals surface area (Å²) in [6.07, 6.45) is 8.26. The molecule has 26 heavy (non-hydrogen) atoms. The molecule has 0 bridgehead atoms. The fraction of sp³-hybridized carbons (Fsp3) is 0.500. The van der Waals surface area contributed by atoms with Crippen LogP contribution < -0.4 is 5.32 Å². The zero-order valence-corrected chi connectivity index (χ0v) is 15.2. The standard InChI is InChI=1S/C18H24N6O2/c1-13-21-14(11-16(22-13)23-17-12-19-7-8-20-17)15-5-3-4-9-24(15)18(25)6-10-26-2/h7-8,11-12,15H,3-6,9-10H2,1-2H3,(H,20,21,22,23). The Morgan fingerprint density at radius 2 is 2.19 bits per heavy atom. The summed E-state index contributed by atoms with van der Waals surface area (Å²) in [6.45, 7) is 3.04. The zero-order valence-electron chi connectivity index (χ0n) is 15.2. The first-order chi connectivity index (χ1) is 12.7. The fourth-order valence-electron chi connectivity index (χ4n) is 3.19. The van der Waals surface area contributed by atoms with Crippen molar-refractivity contribution in [2.24, 2.45) is 0 Å². The topological polar surface area (TPSA) is 93.1 Å². The summed E-state index contributed by atoms with van der Waals surface area (Å²) in [5, 5.41) is 3.15. The molecule has 1 saturated heterocycles. The van der Waals surface area contributed by atoms with Gasteiger partial charge in [0, 0.05) is 32.1 Å². The number of ether oxygens (including phenoxy) is 1. The summed E-state index contributed by atoms with van der Waals surface area (Å²) in [7, 11) is 1.61. The van der Waals surface area contributed by atoms with Gasteiger partial charge in [-0.05, 0) is 26.2 Å². The van der Waals surface area contributed by atoms with E-state index in [1.165, 1.54) is 0 Å². The number of amides is 1. The maximum Gasteiger partial charge on any atom is 0.225 e. The molecule has 0 spiro atoms. The van der Waals surface area contributed by atoms with Crippen molar-refractivity contribution in [1.82, 2.24) is 24.8 Å². The number of aryl methyl sites for hydroxylation is 1. The van der Waals surface area contributed by atoms with Crippen LogP contribution in [0.2, 0.25) is 0 Å². The summed E-state index contributed by atoms with van der Waals surface area (Å²) in [5.41, 5.74) is 0.856. The van der Waals surface area contributed by atoms with Crippen molar-refractivity contribution in [2.75, 3.05) is 25.6 Å². The van der Waals surface area contributed by atoms with Gasteiger partial charge in [0.2, 0.25) is 5.91 Å². The lowest BCUT2D eigenvalue weighted by atomic mass is 9.98. The van der Waals surface area contributed by atoms with Crippen LogP contribution in [0.3, 0.4) is 0 Å². The predicted molar refractivity (Wildman–Crippen MR) is 96.9 cm³/mol. The maximum atomic E-state index is 12.6. The third-order valence-corrected chi connectivity index (χ3v) is 4.36. The minimum Gasteiger partial charge on any atom is -0.384 e. The summed E-state index contributed by atoms with van der Waals surface area (Å²) < 4.78 is 5.05. The van der Waals surface area contributed by atoms with Gasteiger partial charge in [-0.1, -0.05) is 0 Å². The summed E-state index contributed by atoms with van der Waals surface area (Å²) in [4.78, 5) is 31.8. The van der Waals surface area contributed by atoms with Gasteiger partial charge in [0.05, 0.1) is 31.0 Å². The molecule has 3 heterocycles. The molecule has 8 nitrogen and oxygen atoms in total. The Balaban J connectivity index is 1.83. The Bertz CT molecular complexity index is 740. The Morgan fingerprint density at radius 1 is 1.31 bits per heavy atom. The SMILES string of the molecule is COCCC(=O)N1CCCCC1c1cc(Nc2cnccn2)nc(C)n1. The number of aromatic nitrogens is 4. The number of hydrogen-bond acceptors (Lipinski definition) is 7. The maximum absolute atomic E-state index is 12.6. The van der Waals surface area contributed by atoms with Crippen LogP contribution >= 0.6 is 0 Å². The lowest BCUT2D eigenvalue weighted by molar-refractivity contribution is -0.136. The van der Waals surface area contributed by atoms with E-state index >= 15 is 0 Å². The van der Waals surface area contributed by atoms with Crippen molar-refractivity contribution in [3.8, 4) is 0 Å². The van der Waals surface area contributed by atoms with Crippen LogP contribution in [0.5, 0.6) is 0 Å². The van der Waals surface area contributed by atoms with Gasteiger partial charge in [0.15, 0.2) is 0 Å². The van der Waals surface area contributed by atoms with Crippen molar-refractivity contribution in [3.05, 3.63) is 36.2 Å². The molecule has 1 aliphatic heterocycles. The first kappa shape index (κ1) is 18.2. The number of nitrogens with one attached hydrogen (secondary N) is 1. The van der Waals surface area contributed by atoms with Gasteiger partial charge < -0.3 is 15.0 Å². The van der Waals surface area contributed by atoms with E-state index in [1.807, 2.05) is 17.9 Å². The van der Waals surface area contributed by atoms with Crippen molar-refractivity contribution >= 4 is 17.5 Å². The van der Waals surface area contributed by atoms with Gasteiger partial charge in [-0.15, -0.1) is 0 Å². The second-order valence-electron chi connectivity index (χ2n) is 6.28. The molecule has 1 fully saturated rings. The molecule has 0 radical (unpaired) electrons. The number of methoxy groups -OCH3 is 1. The molecule has 1 N–H and O–H groups in total. The lowest BCUT2D eigenvalue weighted by Crippen LogP contribution is -2.39. The summed E-state index contributed by atoms with van der Waals surface area (Å²) in [6, 6.07) is 1.87. The monoisotopic (exact) mass is 356 g/mol. The highest BCUT2D eigenvalue weighted by Gasteiger charge is 2.29. The van der Waals surface area contributed by atoms with E-state index in [4.69, 9.17) is 4.74 Å². The highest BCUT2D eigenvalue weighted by molar-refractivity contribution is 5.77. The molecule has 1 aliphatic rings. The van der Waals surface area contributed by atoms with Crippen molar-refractivity contribution in [2.45, 2.75) is 38.6 Å². The molecule has 3 rings (SSSR count). The first-order valence-electron chi connectivity index (χ1n) is 8.84. The van der Waals surface area contributed by atoms with E-state index in [-0.39, 0.29) is 11.9 Å². The molecule has 2 aromatic heterocycles. The van der Waals surface area contributed by atoms with Crippen LogP contribution in [-0.2, 0) is 9.53 Å². The van der Waals surface area contributed by atoms with Crippen LogP contribution in [0, 0.1) is 6.92 Å². The average Bonchev–Trinajstić information content (AvgIpc) is 2.66. The van der Waals surface area contributed by atoms with Gasteiger partial charge in [0.25, 0.3) is 0 Å². The molecule has 0 aliphatic carbocycles. The third-order valence-electron chi connectivity index (χ3n) is 4.36. The summed E-state index contributed by atoms with van der Waals surface area (Å²) in [5.74, 6) is 2.04. The number of likely N-dealkylation sites (tertiary alicyclic amines) is 1. The van der Waals surface area contributed by atoms with Crippen molar-refractivity contribution in [1.29, 1.82) is 0 Å². The minimum absolute atomic E-state index is 0.0304. The minimum atomic E-state index is -0.0304. The van der Waals surface area contributed by atoms with Crippen molar-refractivity contribution in [3.63, 3.8) is 0 Å². The van der Waals surface area contributed by atoms with Crippen molar-refractivity contribution < 1.29 is 9.53 Å². The predicted octanol–water partition coefficient (Wildman–Crippen LogP) is 2.41. The number of anilines is 2. The zero-order chi connectivity index (χ0) is 18.4. The number of rotatable bonds is 6. The molecule has 0 saturated carbocycles. The first-order valence-corrected chi connectivity index (χ1v) is 8.84.